The van der Waals surface area contributed by atoms with E-state index in [1.54, 1.807) is 17.7 Å². The van der Waals surface area contributed by atoms with Gasteiger partial charge in [-0.2, -0.15) is 0 Å². The SMILES string of the molecule is Cc1sc2ncnc(CC(Cl)C(C)(C)C)c2c1C. The van der Waals surface area contributed by atoms with Crippen LogP contribution in [0.2, 0.25) is 0 Å². The second-order valence-corrected chi connectivity index (χ2v) is 7.55. The van der Waals surface area contributed by atoms with E-state index < -0.39 is 0 Å². The minimum atomic E-state index is 0.0789. The molecule has 0 aliphatic carbocycles. The molecule has 0 bridgehead atoms. The molecule has 0 spiro atoms. The lowest BCUT2D eigenvalue weighted by atomic mass is 9.88. The molecule has 1 atom stereocenters. The number of hydrogen-bond donors (Lipinski definition) is 0. The van der Waals surface area contributed by atoms with E-state index in [1.165, 1.54) is 15.8 Å². The Balaban J connectivity index is 2.45. The largest absolute Gasteiger partial charge is 0.241 e. The summed E-state index contributed by atoms with van der Waals surface area (Å²) >= 11 is 8.23. The highest BCUT2D eigenvalue weighted by Crippen LogP contribution is 2.33. The van der Waals surface area contributed by atoms with E-state index in [1.807, 2.05) is 0 Å². The first-order valence-corrected chi connectivity index (χ1v) is 7.39. The number of thiophene rings is 1. The number of aryl methyl sites for hydroxylation is 2. The lowest BCUT2D eigenvalue weighted by Crippen LogP contribution is -2.23. The maximum absolute atomic E-state index is 6.49. The van der Waals surface area contributed by atoms with Gasteiger partial charge in [0.15, 0.2) is 0 Å². The number of fused-ring (bicyclic) bond motifs is 1. The molecule has 0 aliphatic heterocycles. The van der Waals surface area contributed by atoms with Crippen molar-refractivity contribution in [3.05, 3.63) is 22.5 Å². The van der Waals surface area contributed by atoms with Gasteiger partial charge in [0, 0.05) is 22.1 Å². The molecule has 2 aromatic rings. The number of aromatic nitrogens is 2. The smallest absolute Gasteiger partial charge is 0.127 e. The normalized spacial score (nSPS) is 14.1. The summed E-state index contributed by atoms with van der Waals surface area (Å²) in [5.41, 5.74) is 2.46. The Morgan fingerprint density at radius 2 is 1.94 bits per heavy atom. The van der Waals surface area contributed by atoms with E-state index in [-0.39, 0.29) is 10.8 Å². The van der Waals surface area contributed by atoms with Crippen molar-refractivity contribution in [1.82, 2.24) is 9.97 Å². The molecule has 18 heavy (non-hydrogen) atoms. The van der Waals surface area contributed by atoms with Crippen LogP contribution in [0.15, 0.2) is 6.33 Å². The van der Waals surface area contributed by atoms with Gasteiger partial charge in [0.25, 0.3) is 0 Å². The second kappa shape index (κ2) is 4.78. The van der Waals surface area contributed by atoms with Crippen LogP contribution in [0.3, 0.4) is 0 Å². The van der Waals surface area contributed by atoms with Crippen LogP contribution in [0.1, 0.15) is 36.9 Å². The van der Waals surface area contributed by atoms with Crippen molar-refractivity contribution < 1.29 is 0 Å². The number of hydrogen-bond acceptors (Lipinski definition) is 3. The van der Waals surface area contributed by atoms with E-state index in [0.717, 1.165) is 16.9 Å². The van der Waals surface area contributed by atoms with Gasteiger partial charge in [-0.25, -0.2) is 9.97 Å². The van der Waals surface area contributed by atoms with Gasteiger partial charge in [-0.15, -0.1) is 22.9 Å². The fraction of sp³-hybridized carbons (Fsp3) is 0.571. The minimum absolute atomic E-state index is 0.0789. The van der Waals surface area contributed by atoms with Crippen molar-refractivity contribution in [1.29, 1.82) is 0 Å². The molecule has 0 saturated heterocycles. The second-order valence-electron chi connectivity index (χ2n) is 5.82. The molecular weight excluding hydrogens is 264 g/mol. The van der Waals surface area contributed by atoms with Gasteiger partial charge < -0.3 is 0 Å². The van der Waals surface area contributed by atoms with Gasteiger partial charge in [0.05, 0.1) is 5.69 Å². The van der Waals surface area contributed by atoms with E-state index in [2.05, 4.69) is 44.6 Å². The van der Waals surface area contributed by atoms with Crippen LogP contribution in [0, 0.1) is 19.3 Å². The van der Waals surface area contributed by atoms with Gasteiger partial charge in [-0.3, -0.25) is 0 Å². The molecule has 0 saturated carbocycles. The van der Waals surface area contributed by atoms with E-state index in [9.17, 15) is 0 Å². The van der Waals surface area contributed by atoms with Crippen LogP contribution in [-0.2, 0) is 6.42 Å². The average molecular weight is 283 g/mol. The van der Waals surface area contributed by atoms with Crippen LogP contribution in [0.4, 0.5) is 0 Å². The third-order valence-corrected chi connectivity index (χ3v) is 5.28. The number of nitrogens with zero attached hydrogens (tertiary/aromatic N) is 2. The lowest BCUT2D eigenvalue weighted by molar-refractivity contribution is 0.385. The molecular formula is C14H19ClN2S. The Labute approximate surface area is 117 Å². The summed E-state index contributed by atoms with van der Waals surface area (Å²) in [5, 5.41) is 1.28. The zero-order valence-corrected chi connectivity index (χ0v) is 13.1. The fourth-order valence-corrected chi connectivity index (χ4v) is 3.05. The molecule has 2 rings (SSSR count). The van der Waals surface area contributed by atoms with Crippen LogP contribution < -0.4 is 0 Å². The third-order valence-electron chi connectivity index (χ3n) is 3.36. The molecule has 2 aromatic heterocycles. The molecule has 2 nitrogen and oxygen atoms in total. The topological polar surface area (TPSA) is 25.8 Å². The van der Waals surface area contributed by atoms with Gasteiger partial charge in [0.2, 0.25) is 0 Å². The Morgan fingerprint density at radius 1 is 1.28 bits per heavy atom. The van der Waals surface area contributed by atoms with Gasteiger partial charge >= 0.3 is 0 Å². The van der Waals surface area contributed by atoms with E-state index in [4.69, 9.17) is 11.6 Å². The van der Waals surface area contributed by atoms with Crippen molar-refractivity contribution in [3.8, 4) is 0 Å². The third kappa shape index (κ3) is 2.52. The number of rotatable bonds is 2. The van der Waals surface area contributed by atoms with Crippen molar-refractivity contribution >= 4 is 33.2 Å². The Morgan fingerprint density at radius 3 is 2.56 bits per heavy atom. The summed E-state index contributed by atoms with van der Waals surface area (Å²) in [4.78, 5) is 11.2. The molecule has 0 aliphatic rings. The van der Waals surface area contributed by atoms with Gasteiger partial charge in [0.1, 0.15) is 11.2 Å². The monoisotopic (exact) mass is 282 g/mol. The van der Waals surface area contributed by atoms with Gasteiger partial charge in [-0.05, 0) is 24.8 Å². The summed E-state index contributed by atoms with van der Waals surface area (Å²) in [6, 6.07) is 0. The molecule has 0 fully saturated rings. The standard InChI is InChI=1S/C14H19ClN2S/c1-8-9(2)18-13-12(8)10(16-7-17-13)6-11(15)14(3,4)5/h7,11H,6H2,1-5H3. The van der Waals surface area contributed by atoms with Crippen LogP contribution in [0.25, 0.3) is 10.2 Å². The highest BCUT2D eigenvalue weighted by atomic mass is 35.5. The summed E-state index contributed by atoms with van der Waals surface area (Å²) in [5.74, 6) is 0. The first-order valence-electron chi connectivity index (χ1n) is 6.14. The Hall–Kier alpha value is -0.670. The molecule has 4 heteroatoms. The lowest BCUT2D eigenvalue weighted by Gasteiger charge is -2.24. The Kier molecular flexibility index (Phi) is 3.65. The number of alkyl halides is 1. The molecule has 2 heterocycles. The summed E-state index contributed by atoms with van der Waals surface area (Å²) < 4.78 is 0. The molecule has 0 N–H and O–H groups in total. The van der Waals surface area contributed by atoms with Crippen molar-refractivity contribution in [3.63, 3.8) is 0 Å². The van der Waals surface area contributed by atoms with Gasteiger partial charge in [-0.1, -0.05) is 20.8 Å². The first-order chi connectivity index (χ1) is 8.30. The van der Waals surface area contributed by atoms with E-state index >= 15 is 0 Å². The highest BCUT2D eigenvalue weighted by Gasteiger charge is 2.24. The first kappa shape index (κ1) is 13.8. The van der Waals surface area contributed by atoms with Crippen LogP contribution in [-0.4, -0.2) is 15.3 Å². The van der Waals surface area contributed by atoms with Crippen molar-refractivity contribution in [2.45, 2.75) is 46.4 Å². The van der Waals surface area contributed by atoms with Crippen molar-refractivity contribution in [2.75, 3.05) is 0 Å². The highest BCUT2D eigenvalue weighted by molar-refractivity contribution is 7.18. The molecule has 0 radical (unpaired) electrons. The summed E-state index contributed by atoms with van der Waals surface area (Å²) in [6.45, 7) is 10.8. The fourth-order valence-electron chi connectivity index (χ4n) is 1.89. The zero-order valence-electron chi connectivity index (χ0n) is 11.5. The average Bonchev–Trinajstić information content (AvgIpc) is 2.54. The van der Waals surface area contributed by atoms with Crippen LogP contribution >= 0.6 is 22.9 Å². The quantitative estimate of drug-likeness (QED) is 0.758. The maximum atomic E-state index is 6.49. The van der Waals surface area contributed by atoms with Crippen LogP contribution in [0.5, 0.6) is 0 Å². The summed E-state index contributed by atoms with van der Waals surface area (Å²) in [7, 11) is 0. The minimum Gasteiger partial charge on any atom is -0.241 e. The molecule has 0 aromatic carbocycles. The maximum Gasteiger partial charge on any atom is 0.127 e. The predicted molar refractivity (Wildman–Crippen MR) is 79.7 cm³/mol. The zero-order chi connectivity index (χ0) is 13.5. The Bertz CT molecular complexity index is 569. The predicted octanol–water partition coefficient (Wildman–Crippen LogP) is 4.50. The number of halogens is 1. The molecule has 1 unspecified atom stereocenters. The van der Waals surface area contributed by atoms with E-state index in [0.29, 0.717) is 0 Å². The molecule has 98 valence electrons. The molecule has 0 amide bonds. The summed E-state index contributed by atoms with van der Waals surface area (Å²) in [6.07, 6.45) is 2.44. The van der Waals surface area contributed by atoms with Crippen molar-refractivity contribution in [2.24, 2.45) is 5.41 Å².